The molecule has 3 heteroatoms. The number of nitrogens with one attached hydrogen (secondary N) is 1. The first-order chi connectivity index (χ1) is 8.24. The number of rotatable bonds is 1. The lowest BCUT2D eigenvalue weighted by molar-refractivity contribution is 0.628. The molecule has 2 aromatic carbocycles. The molecule has 0 atom stereocenters. The average molecular weight is 290 g/mol. The fraction of sp³-hybridized carbons (Fsp3) is 0. The fourth-order valence-electron chi connectivity index (χ4n) is 1.96. The molecule has 17 heavy (non-hydrogen) atoms. The summed E-state index contributed by atoms with van der Waals surface area (Å²) in [4.78, 5) is 3.21. The van der Waals surface area contributed by atoms with Gasteiger partial charge in [0.15, 0.2) is 0 Å². The summed E-state index contributed by atoms with van der Waals surface area (Å²) in [5.74, 6) is -0.213. The number of hydrogen-bond donors (Lipinski definition) is 1. The Morgan fingerprint density at radius 1 is 1.00 bits per heavy atom. The molecule has 0 unspecified atom stereocenters. The second-order valence-corrected chi connectivity index (χ2v) is 4.81. The first kappa shape index (κ1) is 10.5. The molecule has 0 aliphatic rings. The zero-order valence-corrected chi connectivity index (χ0v) is 10.5. The molecule has 3 aromatic rings. The van der Waals surface area contributed by atoms with Crippen LogP contribution in [0, 0.1) is 5.82 Å². The maximum atomic E-state index is 12.9. The van der Waals surface area contributed by atoms with Crippen molar-refractivity contribution in [2.75, 3.05) is 0 Å². The maximum Gasteiger partial charge on any atom is 0.123 e. The van der Waals surface area contributed by atoms with Crippen LogP contribution in [-0.4, -0.2) is 4.98 Å². The summed E-state index contributed by atoms with van der Waals surface area (Å²) in [5.41, 5.74) is 3.17. The molecular formula is C14H9BrFN. The number of hydrogen-bond acceptors (Lipinski definition) is 0. The van der Waals surface area contributed by atoms with Crippen LogP contribution in [0.15, 0.2) is 53.1 Å². The summed E-state index contributed by atoms with van der Waals surface area (Å²) in [5, 5.41) is 1.13. The van der Waals surface area contributed by atoms with Gasteiger partial charge in [-0.1, -0.05) is 28.1 Å². The fourth-order valence-corrected chi connectivity index (χ4v) is 2.32. The predicted octanol–water partition coefficient (Wildman–Crippen LogP) is 4.74. The molecule has 0 saturated heterocycles. The van der Waals surface area contributed by atoms with Gasteiger partial charge in [0, 0.05) is 27.1 Å². The van der Waals surface area contributed by atoms with E-state index in [0.29, 0.717) is 0 Å². The molecule has 3 rings (SSSR count). The number of benzene rings is 2. The number of fused-ring (bicyclic) bond motifs is 1. The van der Waals surface area contributed by atoms with Gasteiger partial charge < -0.3 is 4.98 Å². The molecule has 0 spiro atoms. The van der Waals surface area contributed by atoms with E-state index in [1.165, 1.54) is 12.1 Å². The quantitative estimate of drug-likeness (QED) is 0.666. The second kappa shape index (κ2) is 4.00. The van der Waals surface area contributed by atoms with Gasteiger partial charge in [-0.15, -0.1) is 0 Å². The van der Waals surface area contributed by atoms with E-state index < -0.39 is 0 Å². The highest BCUT2D eigenvalue weighted by atomic mass is 79.9. The van der Waals surface area contributed by atoms with E-state index in [1.54, 1.807) is 12.1 Å². The van der Waals surface area contributed by atoms with Gasteiger partial charge in [0.1, 0.15) is 5.82 Å². The van der Waals surface area contributed by atoms with Crippen molar-refractivity contribution in [1.29, 1.82) is 0 Å². The molecule has 1 nitrogen and oxygen atoms in total. The Kier molecular flexibility index (Phi) is 2.48. The molecule has 0 aliphatic carbocycles. The van der Waals surface area contributed by atoms with Gasteiger partial charge in [-0.05, 0) is 35.9 Å². The summed E-state index contributed by atoms with van der Waals surface area (Å²) in [6.45, 7) is 0. The maximum absolute atomic E-state index is 12.9. The zero-order valence-electron chi connectivity index (χ0n) is 8.87. The smallest absolute Gasteiger partial charge is 0.123 e. The lowest BCUT2D eigenvalue weighted by Crippen LogP contribution is -1.77. The third-order valence-corrected chi connectivity index (χ3v) is 3.29. The first-order valence-corrected chi connectivity index (χ1v) is 6.06. The number of H-pyrrole nitrogens is 1. The van der Waals surface area contributed by atoms with Crippen LogP contribution in [0.4, 0.5) is 4.39 Å². The molecule has 0 saturated carbocycles. The SMILES string of the molecule is Fc1ccc(-c2c[nH]c3ccc(Br)cc23)cc1. The lowest BCUT2D eigenvalue weighted by atomic mass is 10.1. The molecule has 0 radical (unpaired) electrons. The van der Waals surface area contributed by atoms with Crippen LogP contribution >= 0.6 is 15.9 Å². The molecular weight excluding hydrogens is 281 g/mol. The monoisotopic (exact) mass is 289 g/mol. The highest BCUT2D eigenvalue weighted by Gasteiger charge is 2.06. The van der Waals surface area contributed by atoms with E-state index in [9.17, 15) is 4.39 Å². The van der Waals surface area contributed by atoms with Crippen LogP contribution in [0.2, 0.25) is 0 Å². The standard InChI is InChI=1S/C14H9BrFN/c15-10-3-6-14-12(7-10)13(8-17-14)9-1-4-11(16)5-2-9/h1-8,17H. The van der Waals surface area contributed by atoms with Crippen molar-refractivity contribution in [3.8, 4) is 11.1 Å². The Morgan fingerprint density at radius 2 is 1.76 bits per heavy atom. The van der Waals surface area contributed by atoms with Crippen molar-refractivity contribution in [2.24, 2.45) is 0 Å². The summed E-state index contributed by atoms with van der Waals surface area (Å²) in [7, 11) is 0. The second-order valence-electron chi connectivity index (χ2n) is 3.90. The molecule has 1 aromatic heterocycles. The third-order valence-electron chi connectivity index (χ3n) is 2.80. The summed E-state index contributed by atoms with van der Waals surface area (Å²) in [6, 6.07) is 12.6. The van der Waals surface area contributed by atoms with Gasteiger partial charge in [0.05, 0.1) is 0 Å². The minimum atomic E-state index is -0.213. The first-order valence-electron chi connectivity index (χ1n) is 5.26. The third kappa shape index (κ3) is 1.87. The van der Waals surface area contributed by atoms with Crippen LogP contribution in [0.1, 0.15) is 0 Å². The average Bonchev–Trinajstić information content (AvgIpc) is 2.73. The number of aromatic amines is 1. The van der Waals surface area contributed by atoms with Crippen molar-refractivity contribution in [3.63, 3.8) is 0 Å². The number of aromatic nitrogens is 1. The van der Waals surface area contributed by atoms with Gasteiger partial charge in [0.25, 0.3) is 0 Å². The molecule has 0 amide bonds. The van der Waals surface area contributed by atoms with Gasteiger partial charge >= 0.3 is 0 Å². The van der Waals surface area contributed by atoms with E-state index in [-0.39, 0.29) is 5.82 Å². The van der Waals surface area contributed by atoms with Gasteiger partial charge in [-0.2, -0.15) is 0 Å². The van der Waals surface area contributed by atoms with Crippen molar-refractivity contribution in [2.45, 2.75) is 0 Å². The Bertz CT molecular complexity index is 670. The van der Waals surface area contributed by atoms with Crippen LogP contribution in [-0.2, 0) is 0 Å². The molecule has 0 fully saturated rings. The van der Waals surface area contributed by atoms with Crippen molar-refractivity contribution in [1.82, 2.24) is 4.98 Å². The van der Waals surface area contributed by atoms with E-state index in [0.717, 1.165) is 26.5 Å². The van der Waals surface area contributed by atoms with E-state index in [1.807, 2.05) is 18.3 Å². The van der Waals surface area contributed by atoms with E-state index in [2.05, 4.69) is 27.0 Å². The molecule has 1 N–H and O–H groups in total. The Morgan fingerprint density at radius 3 is 2.53 bits per heavy atom. The van der Waals surface area contributed by atoms with Crippen molar-refractivity contribution < 1.29 is 4.39 Å². The molecule has 1 heterocycles. The Hall–Kier alpha value is -1.61. The summed E-state index contributed by atoms with van der Waals surface area (Å²) >= 11 is 3.46. The van der Waals surface area contributed by atoms with E-state index in [4.69, 9.17) is 0 Å². The highest BCUT2D eigenvalue weighted by molar-refractivity contribution is 9.10. The predicted molar refractivity (Wildman–Crippen MR) is 71.4 cm³/mol. The van der Waals surface area contributed by atoms with E-state index >= 15 is 0 Å². The van der Waals surface area contributed by atoms with Gasteiger partial charge in [-0.3, -0.25) is 0 Å². The Balaban J connectivity index is 2.23. The minimum Gasteiger partial charge on any atom is -0.361 e. The summed E-state index contributed by atoms with van der Waals surface area (Å²) < 4.78 is 13.9. The highest BCUT2D eigenvalue weighted by Crippen LogP contribution is 2.30. The summed E-state index contributed by atoms with van der Waals surface area (Å²) in [6.07, 6.45) is 1.95. The molecule has 0 aliphatic heterocycles. The normalized spacial score (nSPS) is 10.9. The van der Waals surface area contributed by atoms with Crippen LogP contribution in [0.25, 0.3) is 22.0 Å². The van der Waals surface area contributed by atoms with Crippen molar-refractivity contribution >= 4 is 26.8 Å². The molecule has 84 valence electrons. The lowest BCUT2D eigenvalue weighted by Gasteiger charge is -2.00. The molecule has 0 bridgehead atoms. The number of halogens is 2. The van der Waals surface area contributed by atoms with Crippen LogP contribution in [0.3, 0.4) is 0 Å². The topological polar surface area (TPSA) is 15.8 Å². The van der Waals surface area contributed by atoms with Crippen LogP contribution in [0.5, 0.6) is 0 Å². The zero-order chi connectivity index (χ0) is 11.8. The Labute approximate surface area is 106 Å². The van der Waals surface area contributed by atoms with Gasteiger partial charge in [-0.25, -0.2) is 4.39 Å². The van der Waals surface area contributed by atoms with Crippen molar-refractivity contribution in [3.05, 3.63) is 59.0 Å². The van der Waals surface area contributed by atoms with Gasteiger partial charge in [0.2, 0.25) is 0 Å². The van der Waals surface area contributed by atoms with Crippen LogP contribution < -0.4 is 0 Å². The minimum absolute atomic E-state index is 0.213. The largest absolute Gasteiger partial charge is 0.361 e.